The van der Waals surface area contributed by atoms with Gasteiger partial charge in [0.15, 0.2) is 23.5 Å². The van der Waals surface area contributed by atoms with E-state index >= 15 is 0 Å². The lowest BCUT2D eigenvalue weighted by molar-refractivity contribution is -0.323. The number of aromatic amines is 1. The molecule has 4 atom stereocenters. The van der Waals surface area contributed by atoms with Crippen LogP contribution in [0.4, 0.5) is 5.95 Å². The van der Waals surface area contributed by atoms with E-state index in [0.29, 0.717) is 0 Å². The Morgan fingerprint density at radius 3 is 3.05 bits per heavy atom. The Morgan fingerprint density at radius 1 is 1.59 bits per heavy atom. The van der Waals surface area contributed by atoms with Crippen LogP contribution in [-0.4, -0.2) is 61.8 Å². The van der Waals surface area contributed by atoms with E-state index < -0.39 is 30.1 Å². The van der Waals surface area contributed by atoms with Crippen molar-refractivity contribution in [3.63, 3.8) is 0 Å². The van der Waals surface area contributed by atoms with Gasteiger partial charge in [-0.25, -0.2) is 14.8 Å². The highest BCUT2D eigenvalue weighted by atomic mass is 17.2. The number of aromatic nitrogens is 4. The van der Waals surface area contributed by atoms with Gasteiger partial charge in [0, 0.05) is 0 Å². The van der Waals surface area contributed by atoms with Crippen LogP contribution in [0.2, 0.25) is 0 Å². The third-order valence-corrected chi connectivity index (χ3v) is 3.42. The molecule has 1 fully saturated rings. The molecule has 0 aromatic carbocycles. The smallest absolute Gasteiger partial charge is 0.280 e. The van der Waals surface area contributed by atoms with Gasteiger partial charge in [-0.15, -0.1) is 0 Å². The van der Waals surface area contributed by atoms with Crippen molar-refractivity contribution in [2.24, 2.45) is 0 Å². The molecular formula is C11H15N5O6. The molecule has 120 valence electrons. The highest BCUT2D eigenvalue weighted by molar-refractivity contribution is 5.70. The number of aliphatic hydroxyl groups excluding tert-OH is 2. The van der Waals surface area contributed by atoms with Crippen molar-refractivity contribution in [3.05, 3.63) is 16.7 Å². The first-order chi connectivity index (χ1) is 10.6. The molecule has 0 aliphatic carbocycles. The number of ether oxygens (including phenoxy) is 1. The normalized spacial score (nSPS) is 28.5. The van der Waals surface area contributed by atoms with Gasteiger partial charge in [-0.05, 0) is 0 Å². The third kappa shape index (κ3) is 2.24. The topological polar surface area (TPSA) is 158 Å². The third-order valence-electron chi connectivity index (χ3n) is 3.42. The Hall–Kier alpha value is -2.05. The molecule has 2 aromatic rings. The Bertz CT molecular complexity index is 729. The lowest BCUT2D eigenvalue weighted by Gasteiger charge is -2.17. The van der Waals surface area contributed by atoms with Gasteiger partial charge >= 0.3 is 0 Å². The molecule has 0 amide bonds. The molecule has 2 aromatic heterocycles. The molecule has 1 saturated heterocycles. The van der Waals surface area contributed by atoms with Crippen LogP contribution in [0.25, 0.3) is 11.2 Å². The fourth-order valence-corrected chi connectivity index (χ4v) is 2.46. The molecule has 3 heterocycles. The van der Waals surface area contributed by atoms with Crippen LogP contribution >= 0.6 is 0 Å². The number of rotatable bonds is 4. The van der Waals surface area contributed by atoms with Crippen LogP contribution < -0.4 is 11.3 Å². The molecule has 5 N–H and O–H groups in total. The summed E-state index contributed by atoms with van der Waals surface area (Å²) in [6.07, 6.45) is -2.55. The summed E-state index contributed by atoms with van der Waals surface area (Å²) in [6.45, 7) is -0.385. The van der Waals surface area contributed by atoms with E-state index in [9.17, 15) is 15.0 Å². The average molecular weight is 313 g/mol. The lowest BCUT2D eigenvalue weighted by atomic mass is 10.1. The standard InChI is InChI=1S/C11H15N5O6/c1-20-22-7-4(2-17)21-10(6(7)18)16-3-13-5-8(16)14-11(12)15-9(5)19/h3-4,6-7,10,17-18H,2H2,1H3,(H3,12,14,15,19)/t4-,6-,7-,10-/m1/s1. The molecule has 0 saturated carbocycles. The predicted molar refractivity (Wildman–Crippen MR) is 71.4 cm³/mol. The van der Waals surface area contributed by atoms with Crippen molar-refractivity contribution in [1.29, 1.82) is 0 Å². The summed E-state index contributed by atoms with van der Waals surface area (Å²) in [7, 11) is 1.28. The average Bonchev–Trinajstić information content (AvgIpc) is 3.02. The summed E-state index contributed by atoms with van der Waals surface area (Å²) in [6, 6.07) is 0. The number of nitrogens with zero attached hydrogens (tertiary/aromatic N) is 3. The fraction of sp³-hybridized carbons (Fsp3) is 0.545. The number of nitrogens with one attached hydrogen (secondary N) is 1. The maximum atomic E-state index is 11.8. The first kappa shape index (κ1) is 14.9. The van der Waals surface area contributed by atoms with E-state index in [1.807, 2.05) is 0 Å². The molecule has 22 heavy (non-hydrogen) atoms. The molecule has 1 aliphatic rings. The van der Waals surface area contributed by atoms with Crippen molar-refractivity contribution in [2.75, 3.05) is 19.5 Å². The van der Waals surface area contributed by atoms with Crippen LogP contribution in [0.1, 0.15) is 6.23 Å². The van der Waals surface area contributed by atoms with E-state index in [1.54, 1.807) is 0 Å². The second-order valence-electron chi connectivity index (χ2n) is 4.74. The van der Waals surface area contributed by atoms with E-state index in [1.165, 1.54) is 18.0 Å². The summed E-state index contributed by atoms with van der Waals surface area (Å²) in [5.74, 6) is -0.0878. The maximum absolute atomic E-state index is 11.8. The van der Waals surface area contributed by atoms with E-state index in [-0.39, 0.29) is 23.7 Å². The molecule has 11 heteroatoms. The van der Waals surface area contributed by atoms with Crippen LogP contribution in [0.15, 0.2) is 11.1 Å². The maximum Gasteiger partial charge on any atom is 0.280 e. The van der Waals surface area contributed by atoms with Gasteiger partial charge in [-0.2, -0.15) is 4.98 Å². The Morgan fingerprint density at radius 2 is 2.36 bits per heavy atom. The van der Waals surface area contributed by atoms with Gasteiger partial charge in [0.05, 0.1) is 20.0 Å². The first-order valence-corrected chi connectivity index (χ1v) is 6.43. The number of nitrogens with two attached hydrogens (primary N) is 1. The number of imidazole rings is 1. The number of H-pyrrole nitrogens is 1. The minimum Gasteiger partial charge on any atom is -0.394 e. The minimum atomic E-state index is -1.17. The lowest BCUT2D eigenvalue weighted by Crippen LogP contribution is -2.35. The van der Waals surface area contributed by atoms with Crippen molar-refractivity contribution in [2.45, 2.75) is 24.5 Å². The zero-order valence-electron chi connectivity index (χ0n) is 11.5. The van der Waals surface area contributed by atoms with Crippen LogP contribution in [0, 0.1) is 0 Å². The molecule has 11 nitrogen and oxygen atoms in total. The van der Waals surface area contributed by atoms with Crippen molar-refractivity contribution in [1.82, 2.24) is 19.5 Å². The molecule has 3 rings (SSSR count). The molecule has 0 unspecified atom stereocenters. The summed E-state index contributed by atoms with van der Waals surface area (Å²) in [4.78, 5) is 31.5. The summed E-state index contributed by atoms with van der Waals surface area (Å²) >= 11 is 0. The number of nitrogen functional groups attached to an aromatic ring is 1. The number of anilines is 1. The molecule has 0 spiro atoms. The second-order valence-corrected chi connectivity index (χ2v) is 4.74. The number of hydrogen-bond donors (Lipinski definition) is 4. The summed E-state index contributed by atoms with van der Waals surface area (Å²) in [5, 5.41) is 19.6. The summed E-state index contributed by atoms with van der Waals surface area (Å²) < 4.78 is 6.90. The zero-order valence-corrected chi connectivity index (χ0v) is 11.5. The van der Waals surface area contributed by atoms with Gasteiger partial charge < -0.3 is 20.7 Å². The Balaban J connectivity index is 2.03. The Labute approximate surface area is 123 Å². The highest BCUT2D eigenvalue weighted by Gasteiger charge is 2.46. The van der Waals surface area contributed by atoms with Gasteiger partial charge in [0.1, 0.15) is 12.2 Å². The minimum absolute atomic E-state index is 0.0571. The molecule has 0 bridgehead atoms. The SMILES string of the molecule is COO[C@H]1[C@@H](O)[C@H](n2cnc3c(=O)[nH]c(N)nc32)O[C@@H]1CO. The van der Waals surface area contributed by atoms with Crippen LogP contribution in [0.5, 0.6) is 0 Å². The van der Waals surface area contributed by atoms with Crippen molar-refractivity contribution in [3.8, 4) is 0 Å². The number of fused-ring (bicyclic) bond motifs is 1. The Kier molecular flexibility index (Phi) is 3.80. The number of hydrogen-bond acceptors (Lipinski definition) is 9. The monoisotopic (exact) mass is 313 g/mol. The van der Waals surface area contributed by atoms with Crippen LogP contribution in [-0.2, 0) is 14.5 Å². The zero-order chi connectivity index (χ0) is 15.9. The number of aliphatic hydroxyl groups is 2. The van der Waals surface area contributed by atoms with E-state index in [2.05, 4.69) is 19.8 Å². The molecular weight excluding hydrogens is 298 g/mol. The first-order valence-electron chi connectivity index (χ1n) is 6.43. The van der Waals surface area contributed by atoms with Gasteiger partial charge in [0.25, 0.3) is 5.56 Å². The predicted octanol–water partition coefficient (Wildman–Crippen LogP) is -2.10. The van der Waals surface area contributed by atoms with Crippen LogP contribution in [0.3, 0.4) is 0 Å². The van der Waals surface area contributed by atoms with Crippen molar-refractivity contribution >= 4 is 17.1 Å². The van der Waals surface area contributed by atoms with Gasteiger partial charge in [-0.3, -0.25) is 14.3 Å². The van der Waals surface area contributed by atoms with E-state index in [4.69, 9.17) is 15.4 Å². The largest absolute Gasteiger partial charge is 0.394 e. The molecule has 1 aliphatic heterocycles. The van der Waals surface area contributed by atoms with E-state index in [0.717, 1.165) is 0 Å². The van der Waals surface area contributed by atoms with Gasteiger partial charge in [0.2, 0.25) is 5.95 Å². The fourth-order valence-electron chi connectivity index (χ4n) is 2.46. The van der Waals surface area contributed by atoms with Crippen molar-refractivity contribution < 1.29 is 24.7 Å². The second kappa shape index (κ2) is 5.62. The highest BCUT2D eigenvalue weighted by Crippen LogP contribution is 2.32. The quantitative estimate of drug-likeness (QED) is 0.366. The summed E-state index contributed by atoms with van der Waals surface area (Å²) in [5.41, 5.74) is 5.23. The molecule has 0 radical (unpaired) electrons. The van der Waals surface area contributed by atoms with Gasteiger partial charge in [-0.1, -0.05) is 0 Å².